The summed E-state index contributed by atoms with van der Waals surface area (Å²) in [5.41, 5.74) is -0.0973. The van der Waals surface area contributed by atoms with Crippen LogP contribution in [0.3, 0.4) is 0 Å². The van der Waals surface area contributed by atoms with Crippen LogP contribution in [0.5, 0.6) is 5.75 Å². The minimum absolute atomic E-state index is 0.0487. The molecule has 0 aromatic heterocycles. The van der Waals surface area contributed by atoms with Crippen LogP contribution in [0.2, 0.25) is 0 Å². The topological polar surface area (TPSA) is 76.5 Å². The number of halogens is 1. The van der Waals surface area contributed by atoms with Crippen molar-refractivity contribution in [2.24, 2.45) is 0 Å². The summed E-state index contributed by atoms with van der Waals surface area (Å²) in [7, 11) is 0. The molecule has 2 aliphatic rings. The summed E-state index contributed by atoms with van der Waals surface area (Å²) < 4.78 is 19.2. The third-order valence-corrected chi connectivity index (χ3v) is 7.07. The predicted octanol–water partition coefficient (Wildman–Crippen LogP) is 2.44. The first-order valence-electron chi connectivity index (χ1n) is 12.3. The number of ether oxygens (including phenoxy) is 1. The molecule has 0 aliphatic carbocycles. The molecule has 8 heteroatoms. The van der Waals surface area contributed by atoms with Crippen LogP contribution in [0.4, 0.5) is 10.1 Å². The Balaban J connectivity index is 1.40. The Morgan fingerprint density at radius 1 is 0.943 bits per heavy atom. The van der Waals surface area contributed by atoms with Crippen LogP contribution in [-0.4, -0.2) is 89.5 Å². The number of hydrogen-bond acceptors (Lipinski definition) is 6. The third kappa shape index (κ3) is 6.72. The molecule has 2 fully saturated rings. The molecule has 0 radical (unpaired) electrons. The number of benzene rings is 2. The molecule has 35 heavy (non-hydrogen) atoms. The normalized spacial score (nSPS) is 23.1. The maximum Gasteiger partial charge on any atom is 0.219 e. The van der Waals surface area contributed by atoms with Gasteiger partial charge in [-0.25, -0.2) is 4.39 Å². The lowest BCUT2D eigenvalue weighted by Gasteiger charge is -2.42. The Hall–Kier alpha value is -2.68. The van der Waals surface area contributed by atoms with Crippen molar-refractivity contribution >= 4 is 11.6 Å². The molecular formula is C27H36FN3O4. The lowest BCUT2D eigenvalue weighted by Crippen LogP contribution is -2.55. The molecule has 1 amide bonds. The number of β-amino-alcohol motifs (C(OH)–C–C–N with tert-alkyl or cyclic N) is 2. The average Bonchev–Trinajstić information content (AvgIpc) is 2.98. The number of carbonyl (C=O) groups excluding carboxylic acids is 1. The Labute approximate surface area is 206 Å². The van der Waals surface area contributed by atoms with E-state index in [1.54, 1.807) is 17.0 Å². The Morgan fingerprint density at radius 3 is 2.23 bits per heavy atom. The van der Waals surface area contributed by atoms with Crippen molar-refractivity contribution < 1.29 is 24.1 Å². The van der Waals surface area contributed by atoms with Crippen LogP contribution in [0.15, 0.2) is 48.5 Å². The smallest absolute Gasteiger partial charge is 0.219 e. The first-order chi connectivity index (χ1) is 16.6. The van der Waals surface area contributed by atoms with Gasteiger partial charge in [-0.1, -0.05) is 17.7 Å². The second-order valence-electron chi connectivity index (χ2n) is 10.2. The van der Waals surface area contributed by atoms with Crippen molar-refractivity contribution in [3.8, 4) is 5.75 Å². The van der Waals surface area contributed by atoms with E-state index in [1.807, 2.05) is 31.2 Å². The van der Waals surface area contributed by atoms with Gasteiger partial charge in [0.05, 0.1) is 12.1 Å². The van der Waals surface area contributed by atoms with Crippen molar-refractivity contribution in [1.82, 2.24) is 9.80 Å². The summed E-state index contributed by atoms with van der Waals surface area (Å²) in [6.45, 7) is 6.82. The number of amides is 1. The van der Waals surface area contributed by atoms with E-state index >= 15 is 0 Å². The van der Waals surface area contributed by atoms with Crippen molar-refractivity contribution in [3.05, 3.63) is 59.9 Å². The molecule has 190 valence electrons. The number of nitrogens with zero attached hydrogens (tertiary/aromatic N) is 3. The standard InChI is InChI=1S/C27H36FN3O4/c1-21-3-9-25(10-4-21)35-20-27(34)18-29(15-16-31(19-27)22(2)32)17-26(33)11-13-30(14-12-26)24-7-5-23(28)6-8-24/h3-10,33-34H,11-20H2,1-2H3/t27-/m0/s1. The molecule has 4 rings (SSSR count). The van der Waals surface area contributed by atoms with E-state index in [4.69, 9.17) is 4.74 Å². The van der Waals surface area contributed by atoms with Crippen molar-refractivity contribution in [1.29, 1.82) is 0 Å². The molecule has 7 nitrogen and oxygen atoms in total. The monoisotopic (exact) mass is 485 g/mol. The fourth-order valence-corrected chi connectivity index (χ4v) is 5.00. The number of hydrogen-bond donors (Lipinski definition) is 2. The van der Waals surface area contributed by atoms with E-state index in [2.05, 4.69) is 9.80 Å². The fourth-order valence-electron chi connectivity index (χ4n) is 5.00. The largest absolute Gasteiger partial charge is 0.490 e. The highest BCUT2D eigenvalue weighted by Gasteiger charge is 2.40. The number of aryl methyl sites for hydroxylation is 1. The lowest BCUT2D eigenvalue weighted by atomic mass is 9.90. The highest BCUT2D eigenvalue weighted by Crippen LogP contribution is 2.29. The molecule has 0 spiro atoms. The zero-order chi connectivity index (χ0) is 25.1. The first kappa shape index (κ1) is 25.4. The van der Waals surface area contributed by atoms with E-state index in [9.17, 15) is 19.4 Å². The molecule has 2 heterocycles. The molecular weight excluding hydrogens is 449 g/mol. The number of anilines is 1. The van der Waals surface area contributed by atoms with E-state index in [1.165, 1.54) is 19.1 Å². The minimum Gasteiger partial charge on any atom is -0.490 e. The van der Waals surface area contributed by atoms with Gasteiger partial charge in [0.1, 0.15) is 23.8 Å². The average molecular weight is 486 g/mol. The summed E-state index contributed by atoms with van der Waals surface area (Å²) in [6.07, 6.45) is 1.13. The molecule has 0 saturated carbocycles. The number of aliphatic hydroxyl groups is 2. The summed E-state index contributed by atoms with van der Waals surface area (Å²) in [5, 5.41) is 22.9. The van der Waals surface area contributed by atoms with Crippen LogP contribution in [0, 0.1) is 12.7 Å². The predicted molar refractivity (Wildman–Crippen MR) is 133 cm³/mol. The third-order valence-electron chi connectivity index (χ3n) is 7.07. The highest BCUT2D eigenvalue weighted by molar-refractivity contribution is 5.73. The van der Waals surface area contributed by atoms with Gasteiger partial charge in [0.2, 0.25) is 5.91 Å². The molecule has 2 aromatic carbocycles. The van der Waals surface area contributed by atoms with E-state index in [0.29, 0.717) is 57.9 Å². The van der Waals surface area contributed by atoms with Crippen molar-refractivity contribution in [3.63, 3.8) is 0 Å². The van der Waals surface area contributed by atoms with Crippen LogP contribution in [-0.2, 0) is 4.79 Å². The molecule has 2 N–H and O–H groups in total. The zero-order valence-corrected chi connectivity index (χ0v) is 20.6. The molecule has 2 saturated heterocycles. The van der Waals surface area contributed by atoms with Crippen molar-refractivity contribution in [2.45, 2.75) is 37.9 Å². The van der Waals surface area contributed by atoms with Gasteiger partial charge in [-0.2, -0.15) is 0 Å². The SMILES string of the molecule is CC(=O)N1CCN(CC2(O)CCN(c3ccc(F)cc3)CC2)C[C@@](O)(COc2ccc(C)cc2)C1. The van der Waals surface area contributed by atoms with Crippen LogP contribution >= 0.6 is 0 Å². The molecule has 0 unspecified atom stereocenters. The molecule has 0 bridgehead atoms. The Kier molecular flexibility index (Phi) is 7.64. The van der Waals surface area contributed by atoms with Gasteiger partial charge < -0.3 is 24.7 Å². The minimum atomic E-state index is -1.27. The first-order valence-corrected chi connectivity index (χ1v) is 12.3. The lowest BCUT2D eigenvalue weighted by molar-refractivity contribution is -0.132. The second-order valence-corrected chi connectivity index (χ2v) is 10.2. The van der Waals surface area contributed by atoms with Gasteiger partial charge in [0, 0.05) is 51.9 Å². The van der Waals surface area contributed by atoms with Gasteiger partial charge in [0.15, 0.2) is 0 Å². The van der Waals surface area contributed by atoms with Gasteiger partial charge in [-0.3, -0.25) is 9.69 Å². The van der Waals surface area contributed by atoms with Crippen LogP contribution in [0.1, 0.15) is 25.3 Å². The fraction of sp³-hybridized carbons (Fsp3) is 0.519. The highest BCUT2D eigenvalue weighted by atomic mass is 19.1. The van der Waals surface area contributed by atoms with E-state index in [0.717, 1.165) is 11.3 Å². The molecule has 2 aromatic rings. The Bertz CT molecular complexity index is 992. The molecule has 2 aliphatic heterocycles. The van der Waals surface area contributed by atoms with Crippen LogP contribution in [0.25, 0.3) is 0 Å². The van der Waals surface area contributed by atoms with Gasteiger partial charge in [-0.05, 0) is 56.2 Å². The maximum atomic E-state index is 13.3. The second kappa shape index (κ2) is 10.5. The number of carbonyl (C=O) groups is 1. The summed E-state index contributed by atoms with van der Waals surface area (Å²) in [6, 6.07) is 14.1. The van der Waals surface area contributed by atoms with Crippen LogP contribution < -0.4 is 9.64 Å². The summed E-state index contributed by atoms with van der Waals surface area (Å²) >= 11 is 0. The number of piperidine rings is 1. The summed E-state index contributed by atoms with van der Waals surface area (Å²) in [5.74, 6) is 0.315. The number of rotatable bonds is 6. The van der Waals surface area contributed by atoms with E-state index in [-0.39, 0.29) is 24.9 Å². The molecule has 1 atom stereocenters. The summed E-state index contributed by atoms with van der Waals surface area (Å²) in [4.78, 5) is 18.0. The Morgan fingerprint density at radius 2 is 1.60 bits per heavy atom. The quantitative estimate of drug-likeness (QED) is 0.655. The van der Waals surface area contributed by atoms with Gasteiger partial charge in [-0.15, -0.1) is 0 Å². The zero-order valence-electron chi connectivity index (χ0n) is 20.6. The van der Waals surface area contributed by atoms with Gasteiger partial charge in [0.25, 0.3) is 0 Å². The van der Waals surface area contributed by atoms with E-state index < -0.39 is 11.2 Å². The maximum absolute atomic E-state index is 13.3. The van der Waals surface area contributed by atoms with Gasteiger partial charge >= 0.3 is 0 Å². The van der Waals surface area contributed by atoms with Crippen molar-refractivity contribution in [2.75, 3.05) is 57.3 Å².